The second-order valence-corrected chi connectivity index (χ2v) is 9.76. The van der Waals surface area contributed by atoms with Gasteiger partial charge in [0, 0.05) is 10.6 Å². The SMILES string of the molecule is O=S(=O)(c1ccc(Cl)cc1)C(CCCCN1CCCC1)c1cc(F)ccc1F. The Morgan fingerprint density at radius 3 is 2.36 bits per heavy atom. The van der Waals surface area contributed by atoms with Crippen LogP contribution in [0.1, 0.15) is 42.9 Å². The van der Waals surface area contributed by atoms with Crippen LogP contribution in [0.5, 0.6) is 0 Å². The molecule has 1 unspecified atom stereocenters. The van der Waals surface area contributed by atoms with Crippen molar-refractivity contribution in [2.45, 2.75) is 42.2 Å². The second kappa shape index (κ2) is 9.33. The molecule has 0 spiro atoms. The Morgan fingerprint density at radius 2 is 1.68 bits per heavy atom. The van der Waals surface area contributed by atoms with Crippen molar-refractivity contribution >= 4 is 21.4 Å². The van der Waals surface area contributed by atoms with Crippen molar-refractivity contribution in [2.75, 3.05) is 19.6 Å². The van der Waals surface area contributed by atoms with E-state index in [1.54, 1.807) is 0 Å². The molecule has 0 radical (unpaired) electrons. The lowest BCUT2D eigenvalue weighted by molar-refractivity contribution is 0.328. The van der Waals surface area contributed by atoms with E-state index >= 15 is 0 Å². The van der Waals surface area contributed by atoms with Gasteiger partial charge >= 0.3 is 0 Å². The maximum atomic E-state index is 14.4. The van der Waals surface area contributed by atoms with Gasteiger partial charge in [0.05, 0.1) is 10.1 Å². The predicted octanol–water partition coefficient (Wildman–Crippen LogP) is 5.40. The van der Waals surface area contributed by atoms with Gasteiger partial charge in [-0.05, 0) is 87.8 Å². The van der Waals surface area contributed by atoms with Gasteiger partial charge in [0.15, 0.2) is 9.84 Å². The molecule has 1 heterocycles. The Hall–Kier alpha value is -1.50. The summed E-state index contributed by atoms with van der Waals surface area (Å²) in [6.45, 7) is 3.05. The fourth-order valence-corrected chi connectivity index (χ4v) is 5.66. The number of sulfone groups is 1. The van der Waals surface area contributed by atoms with Gasteiger partial charge in [0.2, 0.25) is 0 Å². The summed E-state index contributed by atoms with van der Waals surface area (Å²) < 4.78 is 54.6. The van der Waals surface area contributed by atoms with Crippen molar-refractivity contribution < 1.29 is 17.2 Å². The Labute approximate surface area is 170 Å². The molecule has 0 saturated carbocycles. The molecule has 0 bridgehead atoms. The van der Waals surface area contributed by atoms with Crippen molar-refractivity contribution in [1.82, 2.24) is 4.90 Å². The average molecular weight is 428 g/mol. The minimum absolute atomic E-state index is 0.0603. The van der Waals surface area contributed by atoms with Crippen molar-refractivity contribution in [1.29, 1.82) is 0 Å². The zero-order valence-electron chi connectivity index (χ0n) is 15.6. The minimum Gasteiger partial charge on any atom is -0.303 e. The number of nitrogens with zero attached hydrogens (tertiary/aromatic N) is 1. The number of halogens is 3. The molecule has 152 valence electrons. The highest BCUT2D eigenvalue weighted by Gasteiger charge is 2.31. The fraction of sp³-hybridized carbons (Fsp3) is 0.429. The number of hydrogen-bond donors (Lipinski definition) is 0. The topological polar surface area (TPSA) is 37.4 Å². The van der Waals surface area contributed by atoms with Crippen LogP contribution in [-0.4, -0.2) is 33.0 Å². The van der Waals surface area contributed by atoms with Crippen LogP contribution in [0.2, 0.25) is 5.02 Å². The molecule has 3 rings (SSSR count). The molecule has 3 nitrogen and oxygen atoms in total. The fourth-order valence-electron chi connectivity index (χ4n) is 3.70. The number of benzene rings is 2. The van der Waals surface area contributed by atoms with Gasteiger partial charge in [-0.1, -0.05) is 18.0 Å². The molecule has 7 heteroatoms. The molecule has 1 saturated heterocycles. The highest BCUT2D eigenvalue weighted by Crippen LogP contribution is 2.35. The highest BCUT2D eigenvalue weighted by molar-refractivity contribution is 7.91. The van der Waals surface area contributed by atoms with E-state index in [9.17, 15) is 17.2 Å². The van der Waals surface area contributed by atoms with Crippen LogP contribution in [0, 0.1) is 11.6 Å². The van der Waals surface area contributed by atoms with Gasteiger partial charge in [0.25, 0.3) is 0 Å². The van der Waals surface area contributed by atoms with Crippen LogP contribution in [-0.2, 0) is 9.84 Å². The van der Waals surface area contributed by atoms with E-state index < -0.39 is 26.7 Å². The summed E-state index contributed by atoms with van der Waals surface area (Å²) in [6, 6.07) is 8.77. The summed E-state index contributed by atoms with van der Waals surface area (Å²) in [5, 5.41) is -0.721. The van der Waals surface area contributed by atoms with Gasteiger partial charge in [-0.15, -0.1) is 0 Å². The van der Waals surface area contributed by atoms with E-state index in [1.807, 2.05) is 0 Å². The van der Waals surface area contributed by atoms with Crippen molar-refractivity contribution in [2.24, 2.45) is 0 Å². The summed E-state index contributed by atoms with van der Waals surface area (Å²) in [5.41, 5.74) is -0.115. The Bertz CT molecular complexity index is 897. The van der Waals surface area contributed by atoms with Crippen molar-refractivity contribution in [3.63, 3.8) is 0 Å². The zero-order valence-corrected chi connectivity index (χ0v) is 17.2. The summed E-state index contributed by atoms with van der Waals surface area (Å²) in [6.07, 6.45) is 4.07. The molecule has 1 aliphatic heterocycles. The first-order chi connectivity index (χ1) is 13.4. The van der Waals surface area contributed by atoms with Crippen LogP contribution in [0.15, 0.2) is 47.4 Å². The van der Waals surface area contributed by atoms with Crippen LogP contribution >= 0.6 is 11.6 Å². The van der Waals surface area contributed by atoms with Crippen LogP contribution in [0.3, 0.4) is 0 Å². The first kappa shape index (κ1) is 21.2. The molecule has 0 amide bonds. The molecule has 1 aliphatic rings. The molecular formula is C21H24ClF2NO2S. The van der Waals surface area contributed by atoms with Crippen LogP contribution < -0.4 is 0 Å². The molecule has 28 heavy (non-hydrogen) atoms. The maximum absolute atomic E-state index is 14.4. The molecule has 0 N–H and O–H groups in total. The largest absolute Gasteiger partial charge is 0.303 e. The minimum atomic E-state index is -3.89. The van der Waals surface area contributed by atoms with Gasteiger partial charge < -0.3 is 4.90 Å². The zero-order chi connectivity index (χ0) is 20.1. The Kier molecular flexibility index (Phi) is 7.07. The standard InChI is InChI=1S/C21H24ClF2NO2S/c22-16-6-9-18(10-7-16)28(26,27)21(19-15-17(23)8-11-20(19)24)5-1-2-12-25-13-3-4-14-25/h6-11,15,21H,1-5,12-14H2. The molecular weight excluding hydrogens is 404 g/mol. The Morgan fingerprint density at radius 1 is 1.00 bits per heavy atom. The predicted molar refractivity (Wildman–Crippen MR) is 107 cm³/mol. The highest BCUT2D eigenvalue weighted by atomic mass is 35.5. The number of unbranched alkanes of at least 4 members (excludes halogenated alkanes) is 1. The van der Waals surface area contributed by atoms with Crippen LogP contribution in [0.4, 0.5) is 8.78 Å². The first-order valence-corrected chi connectivity index (χ1v) is 11.5. The van der Waals surface area contributed by atoms with Gasteiger partial charge in [-0.2, -0.15) is 0 Å². The van der Waals surface area contributed by atoms with E-state index in [-0.39, 0.29) is 16.9 Å². The lowest BCUT2D eigenvalue weighted by Gasteiger charge is -2.20. The lowest BCUT2D eigenvalue weighted by Crippen LogP contribution is -2.21. The normalized spacial score (nSPS) is 16.4. The number of hydrogen-bond acceptors (Lipinski definition) is 3. The third-order valence-corrected chi connectivity index (χ3v) is 7.63. The van der Waals surface area contributed by atoms with Crippen molar-refractivity contribution in [3.8, 4) is 0 Å². The second-order valence-electron chi connectivity index (χ2n) is 7.20. The van der Waals surface area contributed by atoms with E-state index in [2.05, 4.69) is 4.90 Å². The lowest BCUT2D eigenvalue weighted by atomic mass is 10.1. The first-order valence-electron chi connectivity index (χ1n) is 9.55. The van der Waals surface area contributed by atoms with Crippen LogP contribution in [0.25, 0.3) is 0 Å². The van der Waals surface area contributed by atoms with E-state index in [4.69, 9.17) is 11.6 Å². The maximum Gasteiger partial charge on any atom is 0.185 e. The smallest absolute Gasteiger partial charge is 0.185 e. The van der Waals surface area contributed by atoms with Gasteiger partial charge in [-0.25, -0.2) is 17.2 Å². The summed E-state index contributed by atoms with van der Waals surface area (Å²) in [7, 11) is -3.89. The average Bonchev–Trinajstić information content (AvgIpc) is 3.18. The van der Waals surface area contributed by atoms with Gasteiger partial charge in [-0.3, -0.25) is 0 Å². The molecule has 2 aromatic rings. The molecule has 0 aliphatic carbocycles. The molecule has 1 atom stereocenters. The molecule has 1 fully saturated rings. The Balaban J connectivity index is 1.83. The quantitative estimate of drug-likeness (QED) is 0.529. The summed E-state index contributed by atoms with van der Waals surface area (Å²) >= 11 is 5.86. The third-order valence-electron chi connectivity index (χ3n) is 5.21. The van der Waals surface area contributed by atoms with E-state index in [0.29, 0.717) is 11.4 Å². The number of likely N-dealkylation sites (tertiary alicyclic amines) is 1. The summed E-state index contributed by atoms with van der Waals surface area (Å²) in [4.78, 5) is 2.41. The monoisotopic (exact) mass is 427 g/mol. The molecule has 2 aromatic carbocycles. The number of rotatable bonds is 8. The molecule has 0 aromatic heterocycles. The summed E-state index contributed by atoms with van der Waals surface area (Å²) in [5.74, 6) is -1.35. The van der Waals surface area contributed by atoms with E-state index in [1.165, 1.54) is 37.1 Å². The van der Waals surface area contributed by atoms with Crippen molar-refractivity contribution in [3.05, 3.63) is 64.7 Å². The van der Waals surface area contributed by atoms with Gasteiger partial charge in [0.1, 0.15) is 11.6 Å². The third kappa shape index (κ3) is 5.10. The van der Waals surface area contributed by atoms with E-state index in [0.717, 1.165) is 44.3 Å².